The van der Waals surface area contributed by atoms with Gasteiger partial charge in [0.2, 0.25) is 5.91 Å². The van der Waals surface area contributed by atoms with Crippen molar-refractivity contribution in [1.29, 1.82) is 0 Å². The summed E-state index contributed by atoms with van der Waals surface area (Å²) in [6.45, 7) is 2.72. The predicted octanol–water partition coefficient (Wildman–Crippen LogP) is 0.647. The highest BCUT2D eigenvalue weighted by Crippen LogP contribution is 1.98. The van der Waals surface area contributed by atoms with Crippen molar-refractivity contribution in [3.05, 3.63) is 35.9 Å². The van der Waals surface area contributed by atoms with E-state index in [4.69, 9.17) is 5.11 Å². The van der Waals surface area contributed by atoms with Crippen LogP contribution in [0.1, 0.15) is 23.7 Å². The fourth-order valence-corrected chi connectivity index (χ4v) is 1.71. The van der Waals surface area contributed by atoms with Gasteiger partial charge in [-0.2, -0.15) is 0 Å². The first-order valence-electron chi connectivity index (χ1n) is 6.41. The highest BCUT2D eigenvalue weighted by molar-refractivity contribution is 5.96. The zero-order valence-corrected chi connectivity index (χ0v) is 11.1. The van der Waals surface area contributed by atoms with Gasteiger partial charge in [0.05, 0.1) is 13.2 Å². The summed E-state index contributed by atoms with van der Waals surface area (Å²) >= 11 is 0. The summed E-state index contributed by atoms with van der Waals surface area (Å²) in [4.78, 5) is 25.2. The molecular weight excluding hydrogens is 244 g/mol. The molecule has 2 amide bonds. The Bertz CT molecular complexity index is 400. The van der Waals surface area contributed by atoms with Crippen molar-refractivity contribution in [2.75, 3.05) is 26.2 Å². The molecule has 0 saturated heterocycles. The maximum absolute atomic E-state index is 11.9. The molecule has 0 aliphatic carbocycles. The van der Waals surface area contributed by atoms with Crippen LogP contribution in [0.3, 0.4) is 0 Å². The minimum atomic E-state index is -0.269. The summed E-state index contributed by atoms with van der Waals surface area (Å²) in [5, 5.41) is 11.5. The van der Waals surface area contributed by atoms with Crippen LogP contribution < -0.4 is 5.32 Å². The van der Waals surface area contributed by atoms with Gasteiger partial charge in [0, 0.05) is 18.7 Å². The van der Waals surface area contributed by atoms with Gasteiger partial charge in [-0.15, -0.1) is 0 Å². The molecule has 19 heavy (non-hydrogen) atoms. The van der Waals surface area contributed by atoms with Crippen LogP contribution in [-0.2, 0) is 4.79 Å². The molecule has 0 aliphatic heterocycles. The topological polar surface area (TPSA) is 69.6 Å². The number of aliphatic hydroxyl groups excluding tert-OH is 1. The molecule has 0 atom stereocenters. The number of hydrogen-bond donors (Lipinski definition) is 2. The van der Waals surface area contributed by atoms with Crippen molar-refractivity contribution in [1.82, 2.24) is 10.2 Å². The lowest BCUT2D eigenvalue weighted by Gasteiger charge is -2.21. The Labute approximate surface area is 113 Å². The summed E-state index contributed by atoms with van der Waals surface area (Å²) < 4.78 is 0. The molecule has 1 rings (SSSR count). The first-order chi connectivity index (χ1) is 9.19. The van der Waals surface area contributed by atoms with Crippen molar-refractivity contribution < 1.29 is 14.7 Å². The smallest absolute Gasteiger partial charge is 0.251 e. The molecule has 1 aromatic carbocycles. The van der Waals surface area contributed by atoms with Crippen LogP contribution in [-0.4, -0.2) is 48.1 Å². The van der Waals surface area contributed by atoms with E-state index in [1.54, 1.807) is 29.2 Å². The molecule has 5 heteroatoms. The van der Waals surface area contributed by atoms with Gasteiger partial charge in [0.1, 0.15) is 0 Å². The molecule has 0 aliphatic rings. The molecule has 0 unspecified atom stereocenters. The Hall–Kier alpha value is -1.88. The van der Waals surface area contributed by atoms with E-state index in [1.165, 1.54) is 0 Å². The molecule has 0 bridgehead atoms. The second-order valence-corrected chi connectivity index (χ2v) is 4.15. The SMILES string of the molecule is CCCN(CCO)C(=O)CNC(=O)c1ccccc1. The number of aliphatic hydroxyl groups is 1. The van der Waals surface area contributed by atoms with Gasteiger partial charge in [0.15, 0.2) is 0 Å². The van der Waals surface area contributed by atoms with E-state index >= 15 is 0 Å². The number of nitrogens with zero attached hydrogens (tertiary/aromatic N) is 1. The zero-order valence-electron chi connectivity index (χ0n) is 11.1. The minimum absolute atomic E-state index is 0.0479. The molecule has 0 spiro atoms. The number of hydrogen-bond acceptors (Lipinski definition) is 3. The summed E-state index contributed by atoms with van der Waals surface area (Å²) in [5.74, 6) is -0.449. The van der Waals surface area contributed by atoms with Gasteiger partial charge >= 0.3 is 0 Å². The molecule has 5 nitrogen and oxygen atoms in total. The molecular formula is C14H20N2O3. The average molecular weight is 264 g/mol. The Morgan fingerprint density at radius 2 is 1.89 bits per heavy atom. The number of rotatable bonds is 7. The summed E-state index contributed by atoms with van der Waals surface area (Å²) in [7, 11) is 0. The molecule has 1 aromatic rings. The van der Waals surface area contributed by atoms with E-state index in [1.807, 2.05) is 13.0 Å². The van der Waals surface area contributed by atoms with Crippen molar-refractivity contribution in [3.63, 3.8) is 0 Å². The van der Waals surface area contributed by atoms with E-state index < -0.39 is 0 Å². The fourth-order valence-electron chi connectivity index (χ4n) is 1.71. The van der Waals surface area contributed by atoms with E-state index in [0.29, 0.717) is 18.7 Å². The summed E-state index contributed by atoms with van der Waals surface area (Å²) in [6, 6.07) is 8.75. The van der Waals surface area contributed by atoms with Gasteiger partial charge < -0.3 is 15.3 Å². The number of nitrogens with one attached hydrogen (secondary N) is 1. The Kier molecular flexibility index (Phi) is 6.60. The van der Waals surface area contributed by atoms with Crippen molar-refractivity contribution in [3.8, 4) is 0 Å². The molecule has 0 radical (unpaired) electrons. The fraction of sp³-hybridized carbons (Fsp3) is 0.429. The number of benzene rings is 1. The molecule has 0 fully saturated rings. The molecule has 0 saturated carbocycles. The lowest BCUT2D eigenvalue weighted by molar-refractivity contribution is -0.130. The normalized spacial score (nSPS) is 10.0. The van der Waals surface area contributed by atoms with Gasteiger partial charge in [-0.1, -0.05) is 25.1 Å². The van der Waals surface area contributed by atoms with Gasteiger partial charge in [0.25, 0.3) is 5.91 Å². The standard InChI is InChI=1S/C14H20N2O3/c1-2-8-16(9-10-17)13(18)11-15-14(19)12-6-4-3-5-7-12/h3-7,17H,2,8-11H2,1H3,(H,15,19). The molecule has 0 aromatic heterocycles. The van der Waals surface area contributed by atoms with Crippen molar-refractivity contribution in [2.24, 2.45) is 0 Å². The maximum atomic E-state index is 11.9. The van der Waals surface area contributed by atoms with E-state index in [2.05, 4.69) is 5.32 Å². The number of carbonyl (C=O) groups excluding carboxylic acids is 2. The van der Waals surface area contributed by atoms with Crippen LogP contribution >= 0.6 is 0 Å². The van der Waals surface area contributed by atoms with Gasteiger partial charge in [-0.25, -0.2) is 0 Å². The van der Waals surface area contributed by atoms with Crippen molar-refractivity contribution in [2.45, 2.75) is 13.3 Å². The third kappa shape index (κ3) is 5.09. The van der Waals surface area contributed by atoms with E-state index in [-0.39, 0.29) is 25.0 Å². The second-order valence-electron chi connectivity index (χ2n) is 4.15. The predicted molar refractivity (Wildman–Crippen MR) is 72.7 cm³/mol. The summed E-state index contributed by atoms with van der Waals surface area (Å²) in [5.41, 5.74) is 0.527. The third-order valence-electron chi connectivity index (χ3n) is 2.65. The van der Waals surface area contributed by atoms with Gasteiger partial charge in [-0.05, 0) is 18.6 Å². The van der Waals surface area contributed by atoms with Crippen LogP contribution in [0, 0.1) is 0 Å². The number of amides is 2. The van der Waals surface area contributed by atoms with Crippen LogP contribution in [0.15, 0.2) is 30.3 Å². The molecule has 2 N–H and O–H groups in total. The van der Waals surface area contributed by atoms with E-state index in [0.717, 1.165) is 6.42 Å². The van der Waals surface area contributed by atoms with Crippen LogP contribution in [0.4, 0.5) is 0 Å². The average Bonchev–Trinajstić information content (AvgIpc) is 2.45. The largest absolute Gasteiger partial charge is 0.395 e. The zero-order chi connectivity index (χ0) is 14.1. The van der Waals surface area contributed by atoms with Crippen molar-refractivity contribution >= 4 is 11.8 Å². The van der Waals surface area contributed by atoms with Crippen LogP contribution in [0.25, 0.3) is 0 Å². The number of carbonyl (C=O) groups is 2. The highest BCUT2D eigenvalue weighted by Gasteiger charge is 2.13. The lowest BCUT2D eigenvalue weighted by Crippen LogP contribution is -2.41. The monoisotopic (exact) mass is 264 g/mol. The third-order valence-corrected chi connectivity index (χ3v) is 2.65. The van der Waals surface area contributed by atoms with Crippen LogP contribution in [0.2, 0.25) is 0 Å². The Balaban J connectivity index is 2.46. The van der Waals surface area contributed by atoms with E-state index in [9.17, 15) is 9.59 Å². The van der Waals surface area contributed by atoms with Crippen LogP contribution in [0.5, 0.6) is 0 Å². The quantitative estimate of drug-likeness (QED) is 0.759. The molecule has 0 heterocycles. The van der Waals surface area contributed by atoms with Gasteiger partial charge in [-0.3, -0.25) is 9.59 Å². The summed E-state index contributed by atoms with van der Waals surface area (Å²) in [6.07, 6.45) is 0.818. The lowest BCUT2D eigenvalue weighted by atomic mass is 10.2. The maximum Gasteiger partial charge on any atom is 0.251 e. The Morgan fingerprint density at radius 3 is 2.47 bits per heavy atom. The first kappa shape index (κ1) is 15.2. The molecule has 104 valence electrons. The second kappa shape index (κ2) is 8.26. The highest BCUT2D eigenvalue weighted by atomic mass is 16.3. The Morgan fingerprint density at radius 1 is 1.21 bits per heavy atom. The minimum Gasteiger partial charge on any atom is -0.395 e. The first-order valence-corrected chi connectivity index (χ1v) is 6.41.